The summed E-state index contributed by atoms with van der Waals surface area (Å²) in [7, 11) is 0. The molecule has 0 aliphatic carbocycles. The molecule has 0 saturated heterocycles. The number of aryl methyl sites for hydroxylation is 1. The van der Waals surface area contributed by atoms with Gasteiger partial charge < -0.3 is 4.42 Å². The quantitative estimate of drug-likeness (QED) is 0.799. The van der Waals surface area contributed by atoms with Gasteiger partial charge in [-0.3, -0.25) is 0 Å². The standard InChI is InChI=1S/C15H16O2/c1-2-3-9-14-10-13(11-15(16)17-14)12-7-5-4-6-8-12/h4-8,10-11H,2-3,9H2,1H3. The molecule has 0 spiro atoms. The molecule has 2 rings (SSSR count). The van der Waals surface area contributed by atoms with Crippen LogP contribution >= 0.6 is 0 Å². The second-order valence-electron chi connectivity index (χ2n) is 4.10. The van der Waals surface area contributed by atoms with E-state index in [0.29, 0.717) is 0 Å². The predicted molar refractivity (Wildman–Crippen MR) is 69.0 cm³/mol. The van der Waals surface area contributed by atoms with Crippen LogP contribution in [0.5, 0.6) is 0 Å². The zero-order valence-corrected chi connectivity index (χ0v) is 9.98. The molecule has 0 unspecified atom stereocenters. The second-order valence-corrected chi connectivity index (χ2v) is 4.10. The molecular weight excluding hydrogens is 212 g/mol. The first-order chi connectivity index (χ1) is 8.29. The fraction of sp³-hybridized carbons (Fsp3) is 0.267. The van der Waals surface area contributed by atoms with Crippen molar-refractivity contribution >= 4 is 0 Å². The number of hydrogen-bond acceptors (Lipinski definition) is 2. The smallest absolute Gasteiger partial charge is 0.336 e. The molecule has 0 radical (unpaired) electrons. The normalized spacial score (nSPS) is 10.4. The van der Waals surface area contributed by atoms with Gasteiger partial charge in [0.15, 0.2) is 0 Å². The van der Waals surface area contributed by atoms with Crippen LogP contribution in [0, 0.1) is 0 Å². The van der Waals surface area contributed by atoms with Crippen molar-refractivity contribution in [2.75, 3.05) is 0 Å². The Labute approximate surface area is 101 Å². The number of benzene rings is 1. The van der Waals surface area contributed by atoms with Gasteiger partial charge in [-0.1, -0.05) is 43.7 Å². The minimum atomic E-state index is -0.266. The van der Waals surface area contributed by atoms with E-state index in [4.69, 9.17) is 4.42 Å². The lowest BCUT2D eigenvalue weighted by atomic mass is 10.1. The van der Waals surface area contributed by atoms with Crippen LogP contribution in [0.1, 0.15) is 25.5 Å². The zero-order valence-electron chi connectivity index (χ0n) is 9.98. The fourth-order valence-electron chi connectivity index (χ4n) is 1.80. The van der Waals surface area contributed by atoms with Crippen molar-refractivity contribution in [1.29, 1.82) is 0 Å². The topological polar surface area (TPSA) is 30.2 Å². The van der Waals surface area contributed by atoms with E-state index in [0.717, 1.165) is 36.1 Å². The van der Waals surface area contributed by atoms with E-state index in [1.165, 1.54) is 0 Å². The van der Waals surface area contributed by atoms with E-state index in [2.05, 4.69) is 6.92 Å². The first kappa shape index (κ1) is 11.6. The monoisotopic (exact) mass is 228 g/mol. The molecule has 2 nitrogen and oxygen atoms in total. The first-order valence-electron chi connectivity index (χ1n) is 5.99. The lowest BCUT2D eigenvalue weighted by Gasteiger charge is -2.03. The molecule has 0 amide bonds. The average Bonchev–Trinajstić information content (AvgIpc) is 2.37. The van der Waals surface area contributed by atoms with Gasteiger partial charge in [0.05, 0.1) is 0 Å². The third-order valence-corrected chi connectivity index (χ3v) is 2.71. The van der Waals surface area contributed by atoms with Crippen LogP contribution in [0.25, 0.3) is 11.1 Å². The highest BCUT2D eigenvalue weighted by molar-refractivity contribution is 5.62. The molecule has 2 aromatic rings. The van der Waals surface area contributed by atoms with Gasteiger partial charge >= 0.3 is 5.63 Å². The Hall–Kier alpha value is -1.83. The Morgan fingerprint density at radius 2 is 1.82 bits per heavy atom. The zero-order chi connectivity index (χ0) is 12.1. The van der Waals surface area contributed by atoms with Crippen molar-refractivity contribution in [2.45, 2.75) is 26.2 Å². The summed E-state index contributed by atoms with van der Waals surface area (Å²) in [6, 6.07) is 13.4. The van der Waals surface area contributed by atoms with Crippen LogP contribution in [0.4, 0.5) is 0 Å². The maximum absolute atomic E-state index is 11.5. The highest BCUT2D eigenvalue weighted by atomic mass is 16.4. The van der Waals surface area contributed by atoms with Crippen LogP contribution in [0.2, 0.25) is 0 Å². The summed E-state index contributed by atoms with van der Waals surface area (Å²) in [6.07, 6.45) is 2.97. The van der Waals surface area contributed by atoms with E-state index < -0.39 is 0 Å². The highest BCUT2D eigenvalue weighted by Gasteiger charge is 2.03. The maximum atomic E-state index is 11.5. The van der Waals surface area contributed by atoms with Crippen molar-refractivity contribution < 1.29 is 4.42 Å². The Morgan fingerprint density at radius 3 is 2.53 bits per heavy atom. The SMILES string of the molecule is CCCCc1cc(-c2ccccc2)cc(=O)o1. The van der Waals surface area contributed by atoms with Crippen molar-refractivity contribution in [3.05, 3.63) is 58.6 Å². The summed E-state index contributed by atoms with van der Waals surface area (Å²) in [5, 5.41) is 0. The molecule has 0 N–H and O–H groups in total. The van der Waals surface area contributed by atoms with Gasteiger partial charge in [-0.25, -0.2) is 4.79 Å². The fourth-order valence-corrected chi connectivity index (χ4v) is 1.80. The largest absolute Gasteiger partial charge is 0.428 e. The molecule has 0 bridgehead atoms. The van der Waals surface area contributed by atoms with Gasteiger partial charge in [-0.15, -0.1) is 0 Å². The van der Waals surface area contributed by atoms with Crippen LogP contribution in [-0.2, 0) is 6.42 Å². The molecule has 1 aromatic heterocycles. The van der Waals surface area contributed by atoms with Crippen molar-refractivity contribution in [2.24, 2.45) is 0 Å². The van der Waals surface area contributed by atoms with Gasteiger partial charge in [0, 0.05) is 12.5 Å². The molecule has 2 heteroatoms. The third kappa shape index (κ3) is 3.06. The van der Waals surface area contributed by atoms with E-state index in [1.54, 1.807) is 6.07 Å². The molecule has 88 valence electrons. The van der Waals surface area contributed by atoms with Gasteiger partial charge in [0.1, 0.15) is 5.76 Å². The van der Waals surface area contributed by atoms with Crippen molar-refractivity contribution in [1.82, 2.24) is 0 Å². The molecule has 0 aliphatic rings. The summed E-state index contributed by atoms with van der Waals surface area (Å²) in [4.78, 5) is 11.5. The van der Waals surface area contributed by atoms with Gasteiger partial charge in [0.2, 0.25) is 0 Å². The molecule has 0 fully saturated rings. The third-order valence-electron chi connectivity index (χ3n) is 2.71. The Bertz CT molecular complexity index is 526. The summed E-state index contributed by atoms with van der Waals surface area (Å²) in [5.74, 6) is 0.776. The second kappa shape index (κ2) is 5.48. The van der Waals surface area contributed by atoms with Crippen LogP contribution in [0.15, 0.2) is 51.7 Å². The molecule has 0 saturated carbocycles. The summed E-state index contributed by atoms with van der Waals surface area (Å²) < 4.78 is 5.19. The average molecular weight is 228 g/mol. The Kier molecular flexibility index (Phi) is 3.76. The summed E-state index contributed by atoms with van der Waals surface area (Å²) in [6.45, 7) is 2.12. The Balaban J connectivity index is 2.35. The Morgan fingerprint density at radius 1 is 1.06 bits per heavy atom. The van der Waals surface area contributed by atoms with Gasteiger partial charge in [-0.05, 0) is 23.6 Å². The highest BCUT2D eigenvalue weighted by Crippen LogP contribution is 2.18. The summed E-state index contributed by atoms with van der Waals surface area (Å²) in [5.41, 5.74) is 1.73. The number of rotatable bonds is 4. The van der Waals surface area contributed by atoms with Crippen LogP contribution in [-0.4, -0.2) is 0 Å². The van der Waals surface area contributed by atoms with E-state index in [9.17, 15) is 4.79 Å². The predicted octanol–water partition coefficient (Wildman–Crippen LogP) is 3.65. The van der Waals surface area contributed by atoms with Gasteiger partial charge in [-0.2, -0.15) is 0 Å². The van der Waals surface area contributed by atoms with Crippen LogP contribution < -0.4 is 5.63 Å². The number of hydrogen-bond donors (Lipinski definition) is 0. The molecule has 1 heterocycles. The van der Waals surface area contributed by atoms with E-state index in [-0.39, 0.29) is 5.63 Å². The first-order valence-corrected chi connectivity index (χ1v) is 5.99. The number of unbranched alkanes of at least 4 members (excludes halogenated alkanes) is 1. The van der Waals surface area contributed by atoms with Crippen LogP contribution in [0.3, 0.4) is 0 Å². The molecule has 1 aromatic carbocycles. The molecular formula is C15H16O2. The lowest BCUT2D eigenvalue weighted by molar-refractivity contribution is 0.453. The van der Waals surface area contributed by atoms with E-state index in [1.807, 2.05) is 36.4 Å². The molecule has 17 heavy (non-hydrogen) atoms. The molecule has 0 aliphatic heterocycles. The maximum Gasteiger partial charge on any atom is 0.336 e. The van der Waals surface area contributed by atoms with Crippen molar-refractivity contribution in [3.8, 4) is 11.1 Å². The lowest BCUT2D eigenvalue weighted by Crippen LogP contribution is -2.00. The van der Waals surface area contributed by atoms with E-state index >= 15 is 0 Å². The minimum Gasteiger partial charge on any atom is -0.428 e. The minimum absolute atomic E-state index is 0.266. The van der Waals surface area contributed by atoms with Gasteiger partial charge in [0.25, 0.3) is 0 Å². The molecule has 0 atom stereocenters. The summed E-state index contributed by atoms with van der Waals surface area (Å²) >= 11 is 0. The van der Waals surface area contributed by atoms with Crippen molar-refractivity contribution in [3.63, 3.8) is 0 Å².